The third kappa shape index (κ3) is 6.49. The van der Waals surface area contributed by atoms with Crippen LogP contribution in [-0.4, -0.2) is 37.0 Å². The maximum Gasteiger partial charge on any atom is 0.264 e. The highest BCUT2D eigenvalue weighted by molar-refractivity contribution is 14.1. The summed E-state index contributed by atoms with van der Waals surface area (Å²) in [6.45, 7) is 2.82. The number of ether oxygens (including phenoxy) is 1. The van der Waals surface area contributed by atoms with E-state index in [1.807, 2.05) is 48.5 Å². The first kappa shape index (κ1) is 25.4. The van der Waals surface area contributed by atoms with E-state index in [-0.39, 0.29) is 11.5 Å². The molecule has 1 aliphatic rings. The molecule has 1 fully saturated rings. The second-order valence-corrected chi connectivity index (χ2v) is 10.1. The quantitative estimate of drug-likeness (QED) is 0.182. The van der Waals surface area contributed by atoms with Crippen molar-refractivity contribution in [2.24, 2.45) is 0 Å². The van der Waals surface area contributed by atoms with Gasteiger partial charge in [-0.25, -0.2) is 0 Å². The maximum atomic E-state index is 13.0. The molecule has 178 valence electrons. The van der Waals surface area contributed by atoms with Crippen molar-refractivity contribution in [3.05, 3.63) is 97.0 Å². The summed E-state index contributed by atoms with van der Waals surface area (Å²) < 4.78 is 6.98. The summed E-state index contributed by atoms with van der Waals surface area (Å²) in [4.78, 5) is 17.0. The van der Waals surface area contributed by atoms with E-state index in [0.29, 0.717) is 54.1 Å². The first-order chi connectivity index (χ1) is 16.9. The van der Waals surface area contributed by atoms with Gasteiger partial charge in [-0.3, -0.25) is 4.79 Å². The number of nitrogens with zero attached hydrogens (tertiary/aromatic N) is 3. The summed E-state index contributed by atoms with van der Waals surface area (Å²) in [7, 11) is 0. The monoisotopic (exact) mass is 617 g/mol. The Bertz CT molecular complexity index is 1240. The van der Waals surface area contributed by atoms with Gasteiger partial charge in [-0.2, -0.15) is 5.26 Å². The van der Waals surface area contributed by atoms with Gasteiger partial charge in [0.05, 0.1) is 10.0 Å². The number of benzene rings is 3. The number of hydrogen-bond donors (Lipinski definition) is 0. The van der Waals surface area contributed by atoms with Gasteiger partial charge in [-0.1, -0.05) is 53.5 Å². The van der Waals surface area contributed by atoms with Crippen molar-refractivity contribution in [2.45, 2.75) is 6.61 Å². The Morgan fingerprint density at radius 1 is 1.00 bits per heavy atom. The fourth-order valence-corrected chi connectivity index (χ4v) is 4.79. The van der Waals surface area contributed by atoms with Crippen molar-refractivity contribution < 1.29 is 9.53 Å². The zero-order valence-electron chi connectivity index (χ0n) is 18.8. The molecule has 1 aliphatic heterocycles. The van der Waals surface area contributed by atoms with E-state index in [1.54, 1.807) is 17.0 Å². The number of carbonyl (C=O) groups excluding carboxylic acids is 1. The van der Waals surface area contributed by atoms with Crippen LogP contribution in [0.2, 0.25) is 10.0 Å². The molecule has 1 amide bonds. The molecule has 0 aromatic heterocycles. The normalized spacial score (nSPS) is 13.9. The van der Waals surface area contributed by atoms with E-state index in [0.717, 1.165) is 14.8 Å². The first-order valence-corrected chi connectivity index (χ1v) is 12.9. The molecule has 8 heteroatoms. The van der Waals surface area contributed by atoms with Crippen molar-refractivity contribution in [3.63, 3.8) is 0 Å². The van der Waals surface area contributed by atoms with Crippen LogP contribution < -0.4 is 9.64 Å². The summed E-state index contributed by atoms with van der Waals surface area (Å²) in [5, 5.41) is 10.3. The van der Waals surface area contributed by atoms with Gasteiger partial charge >= 0.3 is 0 Å². The van der Waals surface area contributed by atoms with Crippen LogP contribution in [0.4, 0.5) is 5.69 Å². The summed E-state index contributed by atoms with van der Waals surface area (Å²) >= 11 is 15.1. The molecule has 1 heterocycles. The SMILES string of the molecule is N#C/C(=C/c1cc(Cl)c(OCc2ccc(I)cc2)c(Cl)c1)C(=O)N1CCN(c2ccccc2)CC1. The third-order valence-electron chi connectivity index (χ3n) is 5.67. The second kappa shape index (κ2) is 11.8. The fraction of sp³-hybridized carbons (Fsp3) is 0.185. The predicted octanol–water partition coefficient (Wildman–Crippen LogP) is 6.43. The summed E-state index contributed by atoms with van der Waals surface area (Å²) in [6, 6.07) is 23.4. The standard InChI is InChI=1S/C27H22Cl2IN3O2/c28-24-15-20(16-25(29)26(24)35-18-19-6-8-22(30)9-7-19)14-21(17-31)27(34)33-12-10-32(11-13-33)23-4-2-1-3-5-23/h1-9,14-16H,10-13,18H2/b21-14-. The molecule has 3 aromatic carbocycles. The van der Waals surface area contributed by atoms with Gasteiger partial charge in [0.2, 0.25) is 0 Å². The van der Waals surface area contributed by atoms with Gasteiger partial charge in [0, 0.05) is 35.4 Å². The summed E-state index contributed by atoms with van der Waals surface area (Å²) in [5.74, 6) is 0.0670. The lowest BCUT2D eigenvalue weighted by atomic mass is 10.1. The Hall–Kier alpha value is -2.73. The Kier molecular flexibility index (Phi) is 8.55. The van der Waals surface area contributed by atoms with Gasteiger partial charge in [-0.15, -0.1) is 0 Å². The number of rotatable bonds is 6. The van der Waals surface area contributed by atoms with Crippen LogP contribution in [0.15, 0.2) is 72.3 Å². The summed E-state index contributed by atoms with van der Waals surface area (Å²) in [6.07, 6.45) is 1.52. The number of anilines is 1. The minimum Gasteiger partial charge on any atom is -0.486 e. The number of hydrogen-bond acceptors (Lipinski definition) is 4. The molecular weight excluding hydrogens is 596 g/mol. The first-order valence-electron chi connectivity index (χ1n) is 11.0. The average Bonchev–Trinajstić information content (AvgIpc) is 2.88. The van der Waals surface area contributed by atoms with Crippen LogP contribution in [0.3, 0.4) is 0 Å². The molecule has 0 radical (unpaired) electrons. The maximum absolute atomic E-state index is 13.0. The van der Waals surface area contributed by atoms with Crippen LogP contribution in [0.5, 0.6) is 5.75 Å². The topological polar surface area (TPSA) is 56.6 Å². The Morgan fingerprint density at radius 2 is 1.63 bits per heavy atom. The highest BCUT2D eigenvalue weighted by Gasteiger charge is 2.24. The molecule has 0 saturated carbocycles. The van der Waals surface area contributed by atoms with E-state index in [9.17, 15) is 10.1 Å². The molecule has 5 nitrogen and oxygen atoms in total. The van der Waals surface area contributed by atoms with Crippen molar-refractivity contribution in [1.29, 1.82) is 5.26 Å². The van der Waals surface area contributed by atoms with Crippen LogP contribution in [0.1, 0.15) is 11.1 Å². The number of carbonyl (C=O) groups is 1. The van der Waals surface area contributed by atoms with E-state index >= 15 is 0 Å². The molecule has 35 heavy (non-hydrogen) atoms. The van der Waals surface area contributed by atoms with Crippen LogP contribution >= 0.6 is 45.8 Å². The van der Waals surface area contributed by atoms with Crippen LogP contribution in [0.25, 0.3) is 6.08 Å². The van der Waals surface area contributed by atoms with Crippen molar-refractivity contribution in [3.8, 4) is 11.8 Å². The molecule has 0 atom stereocenters. The average molecular weight is 618 g/mol. The smallest absolute Gasteiger partial charge is 0.264 e. The third-order valence-corrected chi connectivity index (χ3v) is 6.95. The lowest BCUT2D eigenvalue weighted by Crippen LogP contribution is -2.49. The van der Waals surface area contributed by atoms with Crippen molar-refractivity contribution in [2.75, 3.05) is 31.1 Å². The molecule has 3 aromatic rings. The number of halogens is 3. The Morgan fingerprint density at radius 3 is 2.23 bits per heavy atom. The van der Waals surface area contributed by atoms with E-state index in [1.165, 1.54) is 6.08 Å². The van der Waals surface area contributed by atoms with Gasteiger partial charge in [0.25, 0.3) is 5.91 Å². The van der Waals surface area contributed by atoms with Crippen LogP contribution in [0, 0.1) is 14.9 Å². The van der Waals surface area contributed by atoms with Gasteiger partial charge in [0.15, 0.2) is 5.75 Å². The zero-order chi connectivity index (χ0) is 24.8. The number of para-hydroxylation sites is 1. The second-order valence-electron chi connectivity index (χ2n) is 8.01. The number of nitriles is 1. The zero-order valence-corrected chi connectivity index (χ0v) is 22.4. The minimum atomic E-state index is -0.300. The van der Waals surface area contributed by atoms with Gasteiger partial charge < -0.3 is 14.5 Å². The van der Waals surface area contributed by atoms with E-state index in [4.69, 9.17) is 27.9 Å². The highest BCUT2D eigenvalue weighted by atomic mass is 127. The Labute approximate surface area is 228 Å². The van der Waals surface area contributed by atoms with Gasteiger partial charge in [0.1, 0.15) is 18.2 Å². The largest absolute Gasteiger partial charge is 0.486 e. The van der Waals surface area contributed by atoms with Crippen LogP contribution in [-0.2, 0) is 11.4 Å². The molecule has 0 bridgehead atoms. The van der Waals surface area contributed by atoms with E-state index in [2.05, 4.69) is 39.6 Å². The molecule has 0 spiro atoms. The van der Waals surface area contributed by atoms with E-state index < -0.39 is 0 Å². The molecule has 1 saturated heterocycles. The van der Waals surface area contributed by atoms with Crippen molar-refractivity contribution in [1.82, 2.24) is 4.90 Å². The summed E-state index contributed by atoms with van der Waals surface area (Å²) in [5.41, 5.74) is 2.72. The lowest BCUT2D eigenvalue weighted by molar-refractivity contribution is -0.126. The predicted molar refractivity (Wildman–Crippen MR) is 149 cm³/mol. The number of piperazine rings is 1. The van der Waals surface area contributed by atoms with Gasteiger partial charge in [-0.05, 0) is 76.2 Å². The molecule has 4 rings (SSSR count). The minimum absolute atomic E-state index is 0.0397. The molecular formula is C27H22Cl2IN3O2. The molecule has 0 N–H and O–H groups in total. The lowest BCUT2D eigenvalue weighted by Gasteiger charge is -2.36. The van der Waals surface area contributed by atoms with Crippen molar-refractivity contribution >= 4 is 63.5 Å². The molecule has 0 unspecified atom stereocenters. The number of amides is 1. The Balaban J connectivity index is 1.43. The fourth-order valence-electron chi connectivity index (χ4n) is 3.82. The highest BCUT2D eigenvalue weighted by Crippen LogP contribution is 2.35. The molecule has 0 aliphatic carbocycles.